The van der Waals surface area contributed by atoms with Gasteiger partial charge in [-0.3, -0.25) is 0 Å². The second-order valence-corrected chi connectivity index (χ2v) is 0.951. The number of nitrogens with one attached hydrogen (secondary N) is 2. The van der Waals surface area contributed by atoms with Crippen LogP contribution in [0.3, 0.4) is 0 Å². The van der Waals surface area contributed by atoms with Crippen LogP contribution >= 0.6 is 0 Å². The van der Waals surface area contributed by atoms with Crippen LogP contribution in [0.4, 0.5) is 0 Å². The van der Waals surface area contributed by atoms with Gasteiger partial charge in [-0.25, -0.2) is 4.79 Å². The summed E-state index contributed by atoms with van der Waals surface area (Å²) in [6.07, 6.45) is 3.09. The van der Waals surface area contributed by atoms with Gasteiger partial charge in [-0.05, 0) is 0 Å². The molecule has 0 aliphatic heterocycles. The quantitative estimate of drug-likeness (QED) is 0.513. The molecule has 1 aromatic heterocycles. The predicted molar refractivity (Wildman–Crippen MR) is 32.8 cm³/mol. The first-order chi connectivity index (χ1) is 3.89. The molecule has 0 saturated heterocycles. The lowest BCUT2D eigenvalue weighted by Gasteiger charge is -1.52. The maximum Gasteiger partial charge on any atom is 0.322 e. The van der Waals surface area contributed by atoms with Crippen molar-refractivity contribution in [2.45, 2.75) is 13.8 Å². The third-order valence-electron chi connectivity index (χ3n) is 0.512. The molecule has 0 bridgehead atoms. The van der Waals surface area contributed by atoms with Crippen molar-refractivity contribution in [3.05, 3.63) is 22.9 Å². The smallest absolute Gasteiger partial charge is 0.313 e. The summed E-state index contributed by atoms with van der Waals surface area (Å²) in [4.78, 5) is 14.7. The number of imidazole rings is 1. The molecule has 0 aromatic carbocycles. The Labute approximate surface area is 47.8 Å². The zero-order valence-electron chi connectivity index (χ0n) is 5.06. The second kappa shape index (κ2) is 4.18. The highest BCUT2D eigenvalue weighted by atomic mass is 16.1. The van der Waals surface area contributed by atoms with Gasteiger partial charge < -0.3 is 9.97 Å². The Kier molecular flexibility index (Phi) is 3.66. The van der Waals surface area contributed by atoms with E-state index >= 15 is 0 Å². The largest absolute Gasteiger partial charge is 0.322 e. The molecule has 0 amide bonds. The van der Waals surface area contributed by atoms with Crippen LogP contribution < -0.4 is 5.69 Å². The molecular weight excluding hydrogens is 104 g/mol. The van der Waals surface area contributed by atoms with Gasteiger partial charge in [0.05, 0.1) is 0 Å². The van der Waals surface area contributed by atoms with Gasteiger partial charge >= 0.3 is 5.69 Å². The van der Waals surface area contributed by atoms with Gasteiger partial charge in [0.25, 0.3) is 0 Å². The van der Waals surface area contributed by atoms with Gasteiger partial charge in [0, 0.05) is 12.4 Å². The van der Waals surface area contributed by atoms with E-state index in [1.807, 2.05) is 13.8 Å². The molecule has 0 radical (unpaired) electrons. The second-order valence-electron chi connectivity index (χ2n) is 0.951. The zero-order valence-corrected chi connectivity index (χ0v) is 5.06. The van der Waals surface area contributed by atoms with Crippen LogP contribution in [0.25, 0.3) is 0 Å². The highest BCUT2D eigenvalue weighted by Crippen LogP contribution is 1.54. The molecule has 2 N–H and O–H groups in total. The van der Waals surface area contributed by atoms with E-state index < -0.39 is 0 Å². The summed E-state index contributed by atoms with van der Waals surface area (Å²) in [5.41, 5.74) is -0.157. The van der Waals surface area contributed by atoms with E-state index in [4.69, 9.17) is 0 Å². The molecular formula is C5H10N2O. The first-order valence-electron chi connectivity index (χ1n) is 2.61. The summed E-state index contributed by atoms with van der Waals surface area (Å²) in [6.45, 7) is 4.00. The van der Waals surface area contributed by atoms with Crippen LogP contribution in [-0.2, 0) is 0 Å². The third-order valence-corrected chi connectivity index (χ3v) is 0.512. The molecule has 0 aliphatic carbocycles. The van der Waals surface area contributed by atoms with E-state index in [0.717, 1.165) is 0 Å². The van der Waals surface area contributed by atoms with Crippen molar-refractivity contribution in [3.8, 4) is 0 Å². The van der Waals surface area contributed by atoms with Crippen LogP contribution in [-0.4, -0.2) is 9.97 Å². The molecule has 0 fully saturated rings. The van der Waals surface area contributed by atoms with E-state index in [0.29, 0.717) is 0 Å². The lowest BCUT2D eigenvalue weighted by molar-refractivity contribution is 1.19. The maximum atomic E-state index is 9.96. The number of aromatic amines is 2. The fourth-order valence-electron chi connectivity index (χ4n) is 0.276. The van der Waals surface area contributed by atoms with Crippen molar-refractivity contribution >= 4 is 0 Å². The number of rotatable bonds is 0. The van der Waals surface area contributed by atoms with Crippen molar-refractivity contribution in [1.29, 1.82) is 0 Å². The molecule has 0 unspecified atom stereocenters. The van der Waals surface area contributed by atoms with Crippen LogP contribution in [0, 0.1) is 0 Å². The zero-order chi connectivity index (χ0) is 6.41. The fraction of sp³-hybridized carbons (Fsp3) is 0.400. The van der Waals surface area contributed by atoms with E-state index in [9.17, 15) is 4.79 Å². The Morgan fingerprint density at radius 3 is 1.75 bits per heavy atom. The molecule has 1 heterocycles. The Hall–Kier alpha value is -0.990. The molecule has 1 rings (SSSR count). The summed E-state index contributed by atoms with van der Waals surface area (Å²) >= 11 is 0. The number of aromatic nitrogens is 2. The Morgan fingerprint density at radius 2 is 1.62 bits per heavy atom. The Balaban J connectivity index is 0.000000222. The molecule has 8 heavy (non-hydrogen) atoms. The minimum atomic E-state index is -0.157. The van der Waals surface area contributed by atoms with Gasteiger partial charge in [-0.15, -0.1) is 0 Å². The van der Waals surface area contributed by atoms with Crippen LogP contribution in [0.5, 0.6) is 0 Å². The number of H-pyrrole nitrogens is 2. The summed E-state index contributed by atoms with van der Waals surface area (Å²) in [5.74, 6) is 0. The molecule has 0 atom stereocenters. The number of hydrogen-bond acceptors (Lipinski definition) is 1. The van der Waals surface area contributed by atoms with Crippen LogP contribution in [0.2, 0.25) is 0 Å². The highest BCUT2D eigenvalue weighted by molar-refractivity contribution is 4.66. The average Bonchev–Trinajstić information content (AvgIpc) is 2.24. The topological polar surface area (TPSA) is 48.6 Å². The lowest BCUT2D eigenvalue weighted by atomic mass is 11.0. The number of hydrogen-bond donors (Lipinski definition) is 2. The van der Waals surface area contributed by atoms with Crippen molar-refractivity contribution in [2.24, 2.45) is 0 Å². The van der Waals surface area contributed by atoms with Crippen molar-refractivity contribution < 1.29 is 0 Å². The molecule has 3 nitrogen and oxygen atoms in total. The standard InChI is InChI=1S/C3H4N2O.C2H6/c6-3-4-1-2-5-3;1-2/h1-2H,(H2,4,5,6);1-2H3. The Bertz CT molecular complexity index is 148. The Morgan fingerprint density at radius 1 is 1.25 bits per heavy atom. The van der Waals surface area contributed by atoms with Crippen molar-refractivity contribution in [3.63, 3.8) is 0 Å². The van der Waals surface area contributed by atoms with E-state index in [1.165, 1.54) is 0 Å². The van der Waals surface area contributed by atoms with Crippen molar-refractivity contribution in [1.82, 2.24) is 9.97 Å². The SMILES string of the molecule is CC.O=c1[nH]cc[nH]1. The first-order valence-corrected chi connectivity index (χ1v) is 2.61. The first kappa shape index (κ1) is 7.01. The molecule has 1 aromatic rings. The van der Waals surface area contributed by atoms with E-state index in [-0.39, 0.29) is 5.69 Å². The van der Waals surface area contributed by atoms with Crippen LogP contribution in [0.1, 0.15) is 13.8 Å². The molecule has 46 valence electrons. The minimum Gasteiger partial charge on any atom is -0.313 e. The third kappa shape index (κ3) is 2.23. The summed E-state index contributed by atoms with van der Waals surface area (Å²) in [5, 5.41) is 0. The maximum absolute atomic E-state index is 9.96. The average molecular weight is 114 g/mol. The van der Waals surface area contributed by atoms with Gasteiger partial charge in [0.15, 0.2) is 0 Å². The highest BCUT2D eigenvalue weighted by Gasteiger charge is 1.69. The van der Waals surface area contributed by atoms with Crippen molar-refractivity contribution in [2.75, 3.05) is 0 Å². The van der Waals surface area contributed by atoms with Gasteiger partial charge in [-0.2, -0.15) is 0 Å². The van der Waals surface area contributed by atoms with Gasteiger partial charge in [0.1, 0.15) is 0 Å². The summed E-state index contributed by atoms with van der Waals surface area (Å²) in [6, 6.07) is 0. The molecule has 0 aliphatic rings. The molecule has 3 heteroatoms. The van der Waals surface area contributed by atoms with Crippen LogP contribution in [0.15, 0.2) is 17.2 Å². The summed E-state index contributed by atoms with van der Waals surface area (Å²) in [7, 11) is 0. The lowest BCUT2D eigenvalue weighted by Crippen LogP contribution is -1.98. The molecule has 0 saturated carbocycles. The molecule has 0 spiro atoms. The van der Waals surface area contributed by atoms with E-state index in [1.54, 1.807) is 12.4 Å². The summed E-state index contributed by atoms with van der Waals surface area (Å²) < 4.78 is 0. The van der Waals surface area contributed by atoms with E-state index in [2.05, 4.69) is 9.97 Å². The van der Waals surface area contributed by atoms with Gasteiger partial charge in [-0.1, -0.05) is 13.8 Å². The van der Waals surface area contributed by atoms with Gasteiger partial charge in [0.2, 0.25) is 0 Å². The monoisotopic (exact) mass is 114 g/mol. The normalized spacial score (nSPS) is 7.25. The fourth-order valence-corrected chi connectivity index (χ4v) is 0.276. The predicted octanol–water partition coefficient (Wildman–Crippen LogP) is 0.729. The minimum absolute atomic E-state index is 0.157.